The number of Topliss-reactive ketones (excluding diaryl/α,β-unsaturated/α-hetero) is 1. The number of ketones is 1. The van der Waals surface area contributed by atoms with Gasteiger partial charge in [0.25, 0.3) is 5.91 Å². The number of ether oxygens (including phenoxy) is 11. The summed E-state index contributed by atoms with van der Waals surface area (Å²) in [5.74, 6) is -5.89. The first-order valence-electron chi connectivity index (χ1n) is 38.5. The molecular formula is C86H94N4O25S. The quantitative estimate of drug-likeness (QED) is 0.0246. The van der Waals surface area contributed by atoms with Gasteiger partial charge in [-0.05, 0) is 123 Å². The predicted molar refractivity (Wildman–Crippen MR) is 412 cm³/mol. The minimum atomic E-state index is -2.39. The second kappa shape index (κ2) is 30.4. The summed E-state index contributed by atoms with van der Waals surface area (Å²) in [6, 6.07) is 26.1. The molecule has 1 amide bonds. The zero-order valence-corrected chi connectivity index (χ0v) is 66.9. The molecule has 8 heterocycles. The molecule has 1 spiro atoms. The number of aryl methyl sites for hydroxylation is 1. The van der Waals surface area contributed by atoms with Crippen molar-refractivity contribution < 1.29 is 121 Å². The SMILES string of the molecule is CC(=O)O[C@H]1C(=O)[C@@]2(C)[C@H]([C@H](OC(=O)c3ccccc3)[C@]3(O)C[C@H](OC(=O)[C@H](O)[C@@H](NC(=O)c4ccccc4)c4ccccc4)C(C)=C1C3(C)C)[C@]1(OC(C)=O)CO[C@@H]1C[C@@H]2O.COc1cc2c(cc1O)CCN[C@]21CS[C@@H]2c3c(OC(C)=O)c(C)c4c(c3[C@H](COC1=O)N1[C@@H]2[C@H]2c3c(cc(C)c(OC)c3O)C[C@@H]([C@@H]1O)N2C)OCO4. The number of carbonyl (C=O) groups excluding carboxylic acids is 8. The van der Waals surface area contributed by atoms with E-state index in [1.165, 1.54) is 58.9 Å². The highest BCUT2D eigenvalue weighted by Gasteiger charge is 2.79. The van der Waals surface area contributed by atoms with Gasteiger partial charge in [0.15, 0.2) is 63.6 Å². The van der Waals surface area contributed by atoms with E-state index in [0.29, 0.717) is 75.8 Å². The molecule has 116 heavy (non-hydrogen) atoms. The van der Waals surface area contributed by atoms with E-state index in [4.69, 9.17) is 52.1 Å². The Morgan fingerprint density at radius 3 is 2.08 bits per heavy atom. The number of thioether (sulfide) groups is 1. The van der Waals surface area contributed by atoms with Crippen molar-refractivity contribution in [1.29, 1.82) is 0 Å². The molecule has 11 aliphatic rings. The lowest BCUT2D eigenvalue weighted by Crippen LogP contribution is -2.82. The van der Waals surface area contributed by atoms with Gasteiger partial charge < -0.3 is 88.1 Å². The number of likely N-dealkylation sites (N-methyl/N-ethyl adjacent to an activating group) is 1. The van der Waals surface area contributed by atoms with Crippen LogP contribution in [0.4, 0.5) is 0 Å². The van der Waals surface area contributed by atoms with Crippen molar-refractivity contribution in [2.75, 3.05) is 53.6 Å². The molecule has 8 aliphatic heterocycles. The smallest absolute Gasteiger partial charge is 0.338 e. The Morgan fingerprint density at radius 1 is 0.767 bits per heavy atom. The number of piperazine rings is 1. The number of benzene rings is 6. The maximum atomic E-state index is 15.5. The number of fused-ring (bicyclic) bond motifs is 14. The number of esters is 6. The second-order valence-electron chi connectivity index (χ2n) is 32.3. The number of phenolic OH excluding ortho intramolecular Hbond substituents is 2. The number of phenols is 2. The molecule has 5 fully saturated rings. The molecule has 0 unspecified atom stereocenters. The lowest BCUT2D eigenvalue weighted by atomic mass is 9.44. The number of hydrogen-bond donors (Lipinski definition) is 8. The summed E-state index contributed by atoms with van der Waals surface area (Å²) in [4.78, 5) is 115. The van der Waals surface area contributed by atoms with Gasteiger partial charge >= 0.3 is 35.8 Å². The van der Waals surface area contributed by atoms with Crippen LogP contribution in [0.1, 0.15) is 155 Å². The third-order valence-corrected chi connectivity index (χ3v) is 27.2. The number of nitrogens with zero attached hydrogens (tertiary/aromatic N) is 2. The normalized spacial score (nSPS) is 30.7. The van der Waals surface area contributed by atoms with E-state index < -0.39 is 160 Å². The van der Waals surface area contributed by atoms with Gasteiger partial charge in [-0.25, -0.2) is 14.4 Å². The minimum Gasteiger partial charge on any atom is -0.504 e. The Balaban J connectivity index is 0.000000184. The van der Waals surface area contributed by atoms with Crippen LogP contribution in [-0.2, 0) is 75.6 Å². The number of nitrogens with one attached hydrogen (secondary N) is 2. The highest BCUT2D eigenvalue weighted by atomic mass is 32.2. The zero-order chi connectivity index (χ0) is 82.9. The van der Waals surface area contributed by atoms with Crippen LogP contribution in [0.3, 0.4) is 0 Å². The van der Waals surface area contributed by atoms with Crippen LogP contribution in [-0.4, -0.2) is 208 Å². The molecule has 18 atom stereocenters. The van der Waals surface area contributed by atoms with E-state index in [2.05, 4.69) is 15.5 Å². The fourth-order valence-electron chi connectivity index (χ4n) is 20.2. The number of aliphatic hydroxyl groups is 4. The fraction of sp³-hybridized carbons (Fsp3) is 0.465. The molecule has 29 nitrogen and oxygen atoms in total. The monoisotopic (exact) mass is 1610 g/mol. The number of carbonyl (C=O) groups is 8. The van der Waals surface area contributed by atoms with Crippen LogP contribution in [0, 0.1) is 30.6 Å². The molecule has 2 saturated carbocycles. The van der Waals surface area contributed by atoms with Crippen LogP contribution in [0.15, 0.2) is 120 Å². The molecule has 6 aromatic rings. The van der Waals surface area contributed by atoms with Gasteiger partial charge in [0, 0.05) is 85.2 Å². The zero-order valence-electron chi connectivity index (χ0n) is 66.1. The highest BCUT2D eigenvalue weighted by Crippen LogP contribution is 2.67. The van der Waals surface area contributed by atoms with Crippen molar-refractivity contribution in [2.45, 2.75) is 183 Å². The number of amides is 1. The average Bonchev–Trinajstić information content (AvgIpc) is 0.867. The summed E-state index contributed by atoms with van der Waals surface area (Å²) in [5.41, 5.74) is -2.66. The Morgan fingerprint density at radius 2 is 1.44 bits per heavy atom. The fourth-order valence-corrected chi connectivity index (χ4v) is 21.9. The van der Waals surface area contributed by atoms with Crippen molar-refractivity contribution >= 4 is 59.3 Å². The molecule has 30 heteroatoms. The van der Waals surface area contributed by atoms with Crippen molar-refractivity contribution in [3.8, 4) is 40.2 Å². The van der Waals surface area contributed by atoms with Crippen LogP contribution in [0.2, 0.25) is 0 Å². The van der Waals surface area contributed by atoms with Crippen molar-refractivity contribution in [3.63, 3.8) is 0 Å². The second-order valence-corrected chi connectivity index (χ2v) is 33.4. The van der Waals surface area contributed by atoms with Crippen LogP contribution in [0.25, 0.3) is 0 Å². The van der Waals surface area contributed by atoms with Gasteiger partial charge in [0.2, 0.25) is 6.79 Å². The van der Waals surface area contributed by atoms with Crippen LogP contribution < -0.4 is 34.3 Å². The summed E-state index contributed by atoms with van der Waals surface area (Å²) in [6.07, 6.45) is -10.5. The van der Waals surface area contributed by atoms with Crippen molar-refractivity contribution in [3.05, 3.63) is 182 Å². The van der Waals surface area contributed by atoms with Gasteiger partial charge in [-0.2, -0.15) is 0 Å². The molecule has 3 saturated heterocycles. The van der Waals surface area contributed by atoms with E-state index >= 15 is 4.79 Å². The number of rotatable bonds is 13. The molecule has 6 aromatic carbocycles. The molecule has 17 rings (SSSR count). The number of methoxy groups -OCH3 is 2. The van der Waals surface area contributed by atoms with E-state index in [0.717, 1.165) is 30.5 Å². The van der Waals surface area contributed by atoms with E-state index in [9.17, 15) is 64.2 Å². The number of aromatic hydroxyl groups is 2. The van der Waals surface area contributed by atoms with Gasteiger partial charge in [-0.3, -0.25) is 39.1 Å². The molecular weight excluding hydrogens is 1520 g/mol. The maximum Gasteiger partial charge on any atom is 0.338 e. The first kappa shape index (κ1) is 81.0. The minimum absolute atomic E-state index is 0.00289. The van der Waals surface area contributed by atoms with Crippen molar-refractivity contribution in [1.82, 2.24) is 20.4 Å². The first-order chi connectivity index (χ1) is 55.2. The Labute approximate surface area is 672 Å². The molecule has 614 valence electrons. The molecule has 6 bridgehead atoms. The topological polar surface area (TPSA) is 390 Å². The first-order valence-corrected chi connectivity index (χ1v) is 39.6. The van der Waals surface area contributed by atoms with Crippen LogP contribution >= 0.6 is 11.8 Å². The Kier molecular flexibility index (Phi) is 21.2. The molecule has 0 radical (unpaired) electrons. The summed E-state index contributed by atoms with van der Waals surface area (Å²) >= 11 is 1.47. The van der Waals surface area contributed by atoms with Gasteiger partial charge in [-0.15, -0.1) is 11.8 Å². The summed E-state index contributed by atoms with van der Waals surface area (Å²) < 4.78 is 66.2. The maximum absolute atomic E-state index is 15.5. The number of hydrogen-bond acceptors (Lipinski definition) is 29. The molecule has 0 aromatic heterocycles. The third-order valence-electron chi connectivity index (χ3n) is 25.7. The molecule has 8 N–H and O–H groups in total. The van der Waals surface area contributed by atoms with Gasteiger partial charge in [0.05, 0.1) is 73.2 Å². The number of aliphatic hydroxyl groups excluding tert-OH is 3. The lowest BCUT2D eigenvalue weighted by Gasteiger charge is -2.67. The molecule has 3 aliphatic carbocycles. The Hall–Kier alpha value is -10.1. The van der Waals surface area contributed by atoms with Gasteiger partial charge in [-0.1, -0.05) is 86.6 Å². The van der Waals surface area contributed by atoms with E-state index in [1.807, 2.05) is 31.9 Å². The summed E-state index contributed by atoms with van der Waals surface area (Å²) in [5, 5.41) is 78.4. The Bertz CT molecular complexity index is 5030. The predicted octanol–water partition coefficient (Wildman–Crippen LogP) is 7.15. The van der Waals surface area contributed by atoms with Gasteiger partial charge in [0.1, 0.15) is 42.5 Å². The van der Waals surface area contributed by atoms with Crippen molar-refractivity contribution in [2.24, 2.45) is 16.7 Å². The van der Waals surface area contributed by atoms with E-state index in [1.54, 1.807) is 105 Å². The van der Waals surface area contributed by atoms with E-state index in [-0.39, 0.29) is 77.7 Å². The largest absolute Gasteiger partial charge is 0.504 e. The van der Waals surface area contributed by atoms with Crippen LogP contribution in [0.5, 0.6) is 40.2 Å². The highest BCUT2D eigenvalue weighted by molar-refractivity contribution is 7.99. The third kappa shape index (κ3) is 12.8. The standard InChI is InChI=1S/C47H51NO14.C39H43N3O11S/c1-25-31(60-43(56)36(52)35(28-16-10-7-11-17-28)48-41(54)29-18-12-8-13-19-29)23-47(57)40(61-42(55)30-20-14-9-15-21-30)38-45(6,32(51)22-33-46(38,24-58-33)62-27(3)50)39(53)37(59-26(2)49)34(25)44(47,4)5;1-16-9-20-10-22-37(46)42-23-13-50-38(47)39(21-12-25(48-5)24(44)11-19(21)7-8-40-39)14-54-36(30(42)29(41(22)4)26(20)31(45)32(16)49-6)28-27(23)35-34(51-15-52-35)17(2)33(28)53-18(3)43/h7-21,31-33,35-38,40,51-52,57H,22-24H2,1-6H3,(H,48,54);9,11-12,22-23,29-30,36-37,40,44-46H,7-8,10,13-15H2,1-6H3/t31-,32-,33+,35-,36+,37+,38-,40-,45+,46-,47+;22-,23-,29+,30+,36+,37-,39+/m00/s1. The lowest BCUT2D eigenvalue weighted by molar-refractivity contribution is -0.346. The summed E-state index contributed by atoms with van der Waals surface area (Å²) in [6.45, 7) is 13.2. The summed E-state index contributed by atoms with van der Waals surface area (Å²) in [7, 11) is 4.96. The average molecular weight is 1620 g/mol.